The van der Waals surface area contributed by atoms with E-state index in [1.54, 1.807) is 0 Å². The van der Waals surface area contributed by atoms with Crippen LogP contribution in [0, 0.1) is 0 Å². The summed E-state index contributed by atoms with van der Waals surface area (Å²) in [6.45, 7) is 4.37. The maximum Gasteiger partial charge on any atom is 0.0660 e. The fraction of sp³-hybridized carbons (Fsp3) is 0.333. The molecule has 0 fully saturated rings. The molecule has 58 valence electrons. The highest BCUT2D eigenvalue weighted by Crippen LogP contribution is 2.18. The van der Waals surface area contributed by atoms with E-state index in [9.17, 15) is 0 Å². The Labute approximate surface area is 65.8 Å². The van der Waals surface area contributed by atoms with Crippen molar-refractivity contribution in [3.63, 3.8) is 0 Å². The molecule has 0 spiro atoms. The molecule has 0 aliphatic heterocycles. The molecule has 0 aliphatic carbocycles. The third-order valence-electron chi connectivity index (χ3n) is 2.00. The third-order valence-corrected chi connectivity index (χ3v) is 2.00. The van der Waals surface area contributed by atoms with Crippen molar-refractivity contribution >= 4 is 10.9 Å². The smallest absolute Gasteiger partial charge is 0.0660 e. The zero-order chi connectivity index (χ0) is 7.84. The Morgan fingerprint density at radius 2 is 2.18 bits per heavy atom. The van der Waals surface area contributed by atoms with E-state index in [2.05, 4.69) is 35.7 Å². The van der Waals surface area contributed by atoms with E-state index in [0.29, 0.717) is 6.04 Å². The van der Waals surface area contributed by atoms with E-state index in [4.69, 9.17) is 0 Å². The Hall–Kier alpha value is -1.18. The first-order chi connectivity index (χ1) is 5.29. The van der Waals surface area contributed by atoms with Crippen molar-refractivity contribution in [2.75, 3.05) is 0 Å². The van der Waals surface area contributed by atoms with Crippen molar-refractivity contribution in [2.45, 2.75) is 19.9 Å². The summed E-state index contributed by atoms with van der Waals surface area (Å²) in [6, 6.07) is 2.68. The largest absolute Gasteiger partial charge is 0.365 e. The molecule has 0 aliphatic rings. The fourth-order valence-corrected chi connectivity index (χ4v) is 1.42. The van der Waals surface area contributed by atoms with Gasteiger partial charge in [-0.2, -0.15) is 0 Å². The van der Waals surface area contributed by atoms with E-state index < -0.39 is 0 Å². The lowest BCUT2D eigenvalue weighted by atomic mass is 10.4. The quantitative estimate of drug-likeness (QED) is 0.641. The SMILES string of the molecule is CC(C)n1ccc2c[nH]cc21. The third kappa shape index (κ3) is 0.862. The Balaban J connectivity index is 2.68. The van der Waals surface area contributed by atoms with E-state index in [0.717, 1.165) is 0 Å². The number of aromatic nitrogens is 2. The molecule has 0 amide bonds. The van der Waals surface area contributed by atoms with Crippen molar-refractivity contribution < 1.29 is 0 Å². The topological polar surface area (TPSA) is 20.7 Å². The van der Waals surface area contributed by atoms with Crippen LogP contribution in [0.1, 0.15) is 19.9 Å². The summed E-state index contributed by atoms with van der Waals surface area (Å²) < 4.78 is 2.26. The highest BCUT2D eigenvalue weighted by atomic mass is 15.0. The average Bonchev–Trinajstić information content (AvgIpc) is 2.41. The van der Waals surface area contributed by atoms with Crippen molar-refractivity contribution in [1.29, 1.82) is 0 Å². The van der Waals surface area contributed by atoms with Crippen LogP contribution < -0.4 is 0 Å². The van der Waals surface area contributed by atoms with Gasteiger partial charge in [0, 0.05) is 30.0 Å². The lowest BCUT2D eigenvalue weighted by Gasteiger charge is -2.06. The summed E-state index contributed by atoms with van der Waals surface area (Å²) in [5, 5.41) is 1.29. The van der Waals surface area contributed by atoms with Crippen LogP contribution in [0.15, 0.2) is 24.7 Å². The maximum absolute atomic E-state index is 3.09. The van der Waals surface area contributed by atoms with E-state index in [1.807, 2.05) is 12.4 Å². The van der Waals surface area contributed by atoms with Crippen LogP contribution in [0.3, 0.4) is 0 Å². The lowest BCUT2D eigenvalue weighted by molar-refractivity contribution is 0.623. The fourth-order valence-electron chi connectivity index (χ4n) is 1.42. The Morgan fingerprint density at radius 3 is 2.91 bits per heavy atom. The van der Waals surface area contributed by atoms with Gasteiger partial charge in [0.2, 0.25) is 0 Å². The molecule has 2 rings (SSSR count). The van der Waals surface area contributed by atoms with Crippen LogP contribution >= 0.6 is 0 Å². The minimum absolute atomic E-state index is 0.545. The number of fused-ring (bicyclic) bond motifs is 1. The van der Waals surface area contributed by atoms with Gasteiger partial charge in [0.25, 0.3) is 0 Å². The molecule has 0 saturated heterocycles. The second-order valence-corrected chi connectivity index (χ2v) is 3.11. The van der Waals surface area contributed by atoms with Crippen molar-refractivity contribution in [3.8, 4) is 0 Å². The molecule has 2 heteroatoms. The normalized spacial score (nSPS) is 11.5. The van der Waals surface area contributed by atoms with E-state index in [-0.39, 0.29) is 0 Å². The highest BCUT2D eigenvalue weighted by molar-refractivity contribution is 5.79. The van der Waals surface area contributed by atoms with Crippen molar-refractivity contribution in [3.05, 3.63) is 24.7 Å². The number of H-pyrrole nitrogens is 1. The number of rotatable bonds is 1. The van der Waals surface area contributed by atoms with Gasteiger partial charge in [-0.3, -0.25) is 0 Å². The molecule has 2 aromatic rings. The molecular formula is C9H12N2. The second kappa shape index (κ2) is 2.16. The minimum Gasteiger partial charge on any atom is -0.365 e. The van der Waals surface area contributed by atoms with Crippen LogP contribution in [0.2, 0.25) is 0 Å². The first kappa shape index (κ1) is 6.53. The number of hydrogen-bond donors (Lipinski definition) is 1. The first-order valence-electron chi connectivity index (χ1n) is 3.92. The van der Waals surface area contributed by atoms with Crippen molar-refractivity contribution in [1.82, 2.24) is 9.55 Å². The predicted molar refractivity (Wildman–Crippen MR) is 46.7 cm³/mol. The highest BCUT2D eigenvalue weighted by Gasteiger charge is 2.02. The summed E-state index contributed by atoms with van der Waals surface area (Å²) in [5.74, 6) is 0. The summed E-state index contributed by atoms with van der Waals surface area (Å²) in [5.41, 5.74) is 1.29. The van der Waals surface area contributed by atoms with E-state index >= 15 is 0 Å². The van der Waals surface area contributed by atoms with Gasteiger partial charge >= 0.3 is 0 Å². The van der Waals surface area contributed by atoms with Crippen LogP contribution in [0.25, 0.3) is 10.9 Å². The van der Waals surface area contributed by atoms with E-state index in [1.165, 1.54) is 10.9 Å². The van der Waals surface area contributed by atoms with Gasteiger partial charge in [-0.25, -0.2) is 0 Å². The van der Waals surface area contributed by atoms with Gasteiger partial charge < -0.3 is 9.55 Å². The van der Waals surface area contributed by atoms with Crippen molar-refractivity contribution in [2.24, 2.45) is 0 Å². The summed E-state index contributed by atoms with van der Waals surface area (Å²) >= 11 is 0. The molecule has 11 heavy (non-hydrogen) atoms. The second-order valence-electron chi connectivity index (χ2n) is 3.11. The molecule has 0 aromatic carbocycles. The lowest BCUT2D eigenvalue weighted by Crippen LogP contribution is -1.96. The maximum atomic E-state index is 3.09. The minimum atomic E-state index is 0.545. The van der Waals surface area contributed by atoms with Gasteiger partial charge in [-0.15, -0.1) is 0 Å². The number of hydrogen-bond acceptors (Lipinski definition) is 0. The number of nitrogens with zero attached hydrogens (tertiary/aromatic N) is 1. The summed E-state index contributed by atoms with van der Waals surface area (Å²) in [4.78, 5) is 3.09. The molecule has 0 radical (unpaired) electrons. The number of nitrogens with one attached hydrogen (secondary N) is 1. The Morgan fingerprint density at radius 1 is 1.36 bits per heavy atom. The standard InChI is InChI=1S/C9H12N2/c1-7(2)11-4-3-8-5-10-6-9(8)11/h3-7,10H,1-2H3. The van der Waals surface area contributed by atoms with Gasteiger partial charge in [0.15, 0.2) is 0 Å². The van der Waals surface area contributed by atoms with Gasteiger partial charge in [-0.05, 0) is 19.9 Å². The molecule has 0 bridgehead atoms. The van der Waals surface area contributed by atoms with Gasteiger partial charge in [0.05, 0.1) is 5.52 Å². The zero-order valence-corrected chi connectivity index (χ0v) is 6.83. The molecular weight excluding hydrogens is 136 g/mol. The van der Waals surface area contributed by atoms with Crippen LogP contribution in [0.4, 0.5) is 0 Å². The summed E-state index contributed by atoms with van der Waals surface area (Å²) in [7, 11) is 0. The molecule has 2 nitrogen and oxygen atoms in total. The predicted octanol–water partition coefficient (Wildman–Crippen LogP) is 2.55. The van der Waals surface area contributed by atoms with Crippen LogP contribution in [-0.2, 0) is 0 Å². The van der Waals surface area contributed by atoms with Gasteiger partial charge in [0.1, 0.15) is 0 Å². The Kier molecular flexibility index (Phi) is 1.28. The summed E-state index contributed by atoms with van der Waals surface area (Å²) in [6.07, 6.45) is 6.19. The Bertz CT molecular complexity index is 354. The average molecular weight is 148 g/mol. The zero-order valence-electron chi connectivity index (χ0n) is 6.83. The molecule has 2 heterocycles. The molecule has 0 atom stereocenters. The molecule has 2 aromatic heterocycles. The molecule has 0 unspecified atom stereocenters. The van der Waals surface area contributed by atoms with Crippen LogP contribution in [-0.4, -0.2) is 9.55 Å². The molecule has 0 saturated carbocycles. The van der Waals surface area contributed by atoms with Crippen LogP contribution in [0.5, 0.6) is 0 Å². The monoisotopic (exact) mass is 148 g/mol. The van der Waals surface area contributed by atoms with Gasteiger partial charge in [-0.1, -0.05) is 0 Å². The number of aromatic amines is 1. The first-order valence-corrected chi connectivity index (χ1v) is 3.92. The molecule has 1 N–H and O–H groups in total.